The van der Waals surface area contributed by atoms with Crippen molar-refractivity contribution in [3.05, 3.63) is 35.9 Å². The molecule has 4 heteroatoms. The lowest BCUT2D eigenvalue weighted by molar-refractivity contribution is -0.143. The largest absolute Gasteiger partial charge is 0.469 e. The van der Waals surface area contributed by atoms with Crippen LogP contribution in [0, 0.1) is 0 Å². The van der Waals surface area contributed by atoms with Gasteiger partial charge in [0.2, 0.25) is 0 Å². The number of hydrogen-bond donors (Lipinski definition) is 0. The van der Waals surface area contributed by atoms with Gasteiger partial charge in [-0.15, -0.1) is 0 Å². The highest BCUT2D eigenvalue weighted by Gasteiger charge is 2.28. The summed E-state index contributed by atoms with van der Waals surface area (Å²) in [7, 11) is 1.41. The smallest absolute Gasteiger partial charge is 0.308 e. The van der Waals surface area contributed by atoms with Crippen LogP contribution in [0.15, 0.2) is 30.3 Å². The number of rotatable bonds is 7. The van der Waals surface area contributed by atoms with Crippen molar-refractivity contribution in [1.29, 1.82) is 0 Å². The molecule has 0 unspecified atom stereocenters. The summed E-state index contributed by atoms with van der Waals surface area (Å²) in [5.74, 6) is -0.200. The van der Waals surface area contributed by atoms with E-state index in [-0.39, 0.29) is 24.3 Å². The molecule has 4 nitrogen and oxygen atoms in total. The van der Waals surface area contributed by atoms with Crippen molar-refractivity contribution in [2.45, 2.75) is 57.5 Å². The van der Waals surface area contributed by atoms with Crippen LogP contribution in [-0.2, 0) is 25.6 Å². The van der Waals surface area contributed by atoms with Crippen LogP contribution in [-0.4, -0.2) is 31.4 Å². The van der Waals surface area contributed by atoms with E-state index >= 15 is 0 Å². The molecule has 1 heterocycles. The van der Waals surface area contributed by atoms with Gasteiger partial charge in [-0.2, -0.15) is 0 Å². The zero-order valence-corrected chi connectivity index (χ0v) is 12.8. The van der Waals surface area contributed by atoms with Crippen molar-refractivity contribution in [3.63, 3.8) is 0 Å². The van der Waals surface area contributed by atoms with Gasteiger partial charge in [0.1, 0.15) is 0 Å². The van der Waals surface area contributed by atoms with Gasteiger partial charge in [0.25, 0.3) is 0 Å². The Morgan fingerprint density at radius 1 is 1.29 bits per heavy atom. The highest BCUT2D eigenvalue weighted by atomic mass is 16.5. The van der Waals surface area contributed by atoms with Crippen LogP contribution < -0.4 is 0 Å². The number of esters is 1. The predicted molar refractivity (Wildman–Crippen MR) is 79.8 cm³/mol. The standard InChI is InChI=1S/C17H24O4/c1-13(20-12-14-6-4-3-5-7-14)10-15-8-9-16(21-15)11-17(18)19-2/h3-7,13,15-16H,8-12H2,1-2H3/t13-,15+,16+/m1/s1. The molecular formula is C17H24O4. The maximum atomic E-state index is 11.2. The summed E-state index contributed by atoms with van der Waals surface area (Å²) in [6.45, 7) is 2.69. The summed E-state index contributed by atoms with van der Waals surface area (Å²) >= 11 is 0. The summed E-state index contributed by atoms with van der Waals surface area (Å²) in [4.78, 5) is 11.2. The fourth-order valence-electron chi connectivity index (χ4n) is 2.62. The Hall–Kier alpha value is -1.39. The summed E-state index contributed by atoms with van der Waals surface area (Å²) < 4.78 is 16.4. The first kappa shape index (κ1) is 16.0. The van der Waals surface area contributed by atoms with Gasteiger partial charge < -0.3 is 14.2 Å². The molecule has 0 saturated carbocycles. The van der Waals surface area contributed by atoms with Crippen LogP contribution in [0.2, 0.25) is 0 Å². The molecule has 0 aliphatic carbocycles. The van der Waals surface area contributed by atoms with Crippen molar-refractivity contribution in [3.8, 4) is 0 Å². The molecule has 0 spiro atoms. The van der Waals surface area contributed by atoms with Gasteiger partial charge in [0, 0.05) is 0 Å². The first-order valence-corrected chi connectivity index (χ1v) is 7.55. The van der Waals surface area contributed by atoms with Gasteiger partial charge in [-0.3, -0.25) is 4.79 Å². The van der Waals surface area contributed by atoms with E-state index in [1.54, 1.807) is 0 Å². The zero-order chi connectivity index (χ0) is 15.1. The van der Waals surface area contributed by atoms with Crippen molar-refractivity contribution in [2.24, 2.45) is 0 Å². The van der Waals surface area contributed by atoms with E-state index in [0.29, 0.717) is 13.0 Å². The molecule has 21 heavy (non-hydrogen) atoms. The third kappa shape index (κ3) is 5.48. The fraction of sp³-hybridized carbons (Fsp3) is 0.588. The lowest BCUT2D eigenvalue weighted by Crippen LogP contribution is -2.20. The molecule has 0 N–H and O–H groups in total. The third-order valence-electron chi connectivity index (χ3n) is 3.79. The van der Waals surface area contributed by atoms with Crippen LogP contribution in [0.3, 0.4) is 0 Å². The lowest BCUT2D eigenvalue weighted by Gasteiger charge is -2.18. The van der Waals surface area contributed by atoms with E-state index < -0.39 is 0 Å². The summed E-state index contributed by atoms with van der Waals surface area (Å²) in [5, 5.41) is 0. The molecule has 1 aromatic carbocycles. The normalized spacial score (nSPS) is 23.0. The Morgan fingerprint density at radius 3 is 2.71 bits per heavy atom. The monoisotopic (exact) mass is 292 g/mol. The zero-order valence-electron chi connectivity index (χ0n) is 12.8. The first-order valence-electron chi connectivity index (χ1n) is 7.55. The van der Waals surface area contributed by atoms with Crippen LogP contribution in [0.5, 0.6) is 0 Å². The number of benzene rings is 1. The molecule has 1 fully saturated rings. The summed E-state index contributed by atoms with van der Waals surface area (Å²) in [5.41, 5.74) is 1.18. The molecule has 3 atom stereocenters. The maximum absolute atomic E-state index is 11.2. The highest BCUT2D eigenvalue weighted by Crippen LogP contribution is 2.26. The predicted octanol–water partition coefficient (Wildman–Crippen LogP) is 3.09. The average Bonchev–Trinajstić information content (AvgIpc) is 2.93. The molecule has 1 aliphatic heterocycles. The molecule has 0 bridgehead atoms. The van der Waals surface area contributed by atoms with Crippen LogP contribution in [0.4, 0.5) is 0 Å². The second kappa shape index (κ2) is 8.15. The van der Waals surface area contributed by atoms with Gasteiger partial charge >= 0.3 is 5.97 Å². The second-order valence-corrected chi connectivity index (χ2v) is 5.58. The Kier molecular flexibility index (Phi) is 6.21. The minimum atomic E-state index is -0.200. The van der Waals surface area contributed by atoms with E-state index in [2.05, 4.69) is 23.8 Å². The number of ether oxygens (including phenoxy) is 3. The molecule has 0 aromatic heterocycles. The quantitative estimate of drug-likeness (QED) is 0.724. The Morgan fingerprint density at radius 2 is 2.00 bits per heavy atom. The van der Waals surface area contributed by atoms with E-state index in [1.807, 2.05) is 18.2 Å². The van der Waals surface area contributed by atoms with E-state index in [1.165, 1.54) is 12.7 Å². The summed E-state index contributed by atoms with van der Waals surface area (Å²) in [6, 6.07) is 10.2. The van der Waals surface area contributed by atoms with Crippen molar-refractivity contribution < 1.29 is 19.0 Å². The van der Waals surface area contributed by atoms with Crippen molar-refractivity contribution in [2.75, 3.05) is 7.11 Å². The number of carbonyl (C=O) groups excluding carboxylic acids is 1. The number of hydrogen-bond acceptors (Lipinski definition) is 4. The molecule has 116 valence electrons. The molecular weight excluding hydrogens is 268 g/mol. The fourth-order valence-corrected chi connectivity index (χ4v) is 2.62. The van der Waals surface area contributed by atoms with Gasteiger partial charge in [0.05, 0.1) is 38.4 Å². The Balaban J connectivity index is 1.67. The van der Waals surface area contributed by atoms with Crippen LogP contribution in [0.25, 0.3) is 0 Å². The molecule has 0 radical (unpaired) electrons. The SMILES string of the molecule is COC(=O)C[C@@H]1CC[C@@H](C[C@@H](C)OCc2ccccc2)O1. The van der Waals surface area contributed by atoms with Crippen LogP contribution >= 0.6 is 0 Å². The minimum Gasteiger partial charge on any atom is -0.469 e. The molecule has 1 aliphatic rings. The molecule has 1 saturated heterocycles. The number of methoxy groups -OCH3 is 1. The van der Waals surface area contributed by atoms with Gasteiger partial charge in [-0.05, 0) is 31.7 Å². The number of carbonyl (C=O) groups is 1. The topological polar surface area (TPSA) is 44.8 Å². The molecule has 1 aromatic rings. The molecule has 0 amide bonds. The Bertz CT molecular complexity index is 432. The van der Waals surface area contributed by atoms with Crippen molar-refractivity contribution >= 4 is 5.97 Å². The highest BCUT2D eigenvalue weighted by molar-refractivity contribution is 5.69. The van der Waals surface area contributed by atoms with Gasteiger partial charge in [0.15, 0.2) is 0 Å². The Labute approximate surface area is 126 Å². The summed E-state index contributed by atoms with van der Waals surface area (Å²) in [6.07, 6.45) is 3.46. The van der Waals surface area contributed by atoms with Crippen molar-refractivity contribution in [1.82, 2.24) is 0 Å². The lowest BCUT2D eigenvalue weighted by atomic mass is 10.1. The van der Waals surface area contributed by atoms with Gasteiger partial charge in [-0.1, -0.05) is 30.3 Å². The van der Waals surface area contributed by atoms with E-state index in [0.717, 1.165) is 19.3 Å². The van der Waals surface area contributed by atoms with Gasteiger partial charge in [-0.25, -0.2) is 0 Å². The minimum absolute atomic E-state index is 0.00349. The van der Waals surface area contributed by atoms with Crippen LogP contribution in [0.1, 0.15) is 38.2 Å². The maximum Gasteiger partial charge on any atom is 0.308 e. The van der Waals surface area contributed by atoms with E-state index in [4.69, 9.17) is 9.47 Å². The second-order valence-electron chi connectivity index (χ2n) is 5.58. The average molecular weight is 292 g/mol. The van der Waals surface area contributed by atoms with E-state index in [9.17, 15) is 4.79 Å². The first-order chi connectivity index (χ1) is 10.2. The third-order valence-corrected chi connectivity index (χ3v) is 3.79. The molecule has 2 rings (SSSR count).